The number of hydrogen-bond donors (Lipinski definition) is 1. The summed E-state index contributed by atoms with van der Waals surface area (Å²) in [6, 6.07) is 4.09. The molecule has 2 rings (SSSR count). The number of pyridine rings is 1. The fraction of sp³-hybridized carbons (Fsp3) is 0.615. The molecular weight excluding hydrogens is 184 g/mol. The maximum atomic E-state index is 6.49. The third-order valence-electron chi connectivity index (χ3n) is 3.94. The first-order valence-electron chi connectivity index (χ1n) is 5.81. The van der Waals surface area contributed by atoms with Crippen molar-refractivity contribution in [2.45, 2.75) is 38.6 Å². The van der Waals surface area contributed by atoms with E-state index in [-0.39, 0.29) is 5.54 Å². The topological polar surface area (TPSA) is 38.9 Å². The second-order valence-electron chi connectivity index (χ2n) is 5.10. The first-order chi connectivity index (χ1) is 7.12. The number of rotatable bonds is 1. The van der Waals surface area contributed by atoms with E-state index in [1.165, 1.54) is 12.0 Å². The highest BCUT2D eigenvalue weighted by Crippen LogP contribution is 2.40. The van der Waals surface area contributed by atoms with Crippen molar-refractivity contribution in [3.8, 4) is 0 Å². The second-order valence-corrected chi connectivity index (χ2v) is 5.10. The Labute approximate surface area is 91.9 Å². The van der Waals surface area contributed by atoms with E-state index in [4.69, 9.17) is 5.73 Å². The summed E-state index contributed by atoms with van der Waals surface area (Å²) in [5.74, 6) is 1.52. The summed E-state index contributed by atoms with van der Waals surface area (Å²) in [6.45, 7) is 4.63. The van der Waals surface area contributed by atoms with Crippen LogP contribution in [0.15, 0.2) is 24.5 Å². The molecule has 0 bridgehead atoms. The van der Waals surface area contributed by atoms with E-state index in [9.17, 15) is 0 Å². The van der Waals surface area contributed by atoms with Crippen LogP contribution in [-0.2, 0) is 5.54 Å². The van der Waals surface area contributed by atoms with Crippen LogP contribution in [-0.4, -0.2) is 4.98 Å². The van der Waals surface area contributed by atoms with Gasteiger partial charge in [-0.25, -0.2) is 0 Å². The summed E-state index contributed by atoms with van der Waals surface area (Å²) in [5.41, 5.74) is 7.55. The molecular formula is C13H20N2. The van der Waals surface area contributed by atoms with Crippen LogP contribution in [0.25, 0.3) is 0 Å². The lowest BCUT2D eigenvalue weighted by Gasteiger charge is -2.40. The molecule has 82 valence electrons. The highest BCUT2D eigenvalue weighted by atomic mass is 14.8. The monoisotopic (exact) mass is 204 g/mol. The van der Waals surface area contributed by atoms with Crippen LogP contribution in [0.5, 0.6) is 0 Å². The minimum Gasteiger partial charge on any atom is -0.321 e. The molecule has 0 spiro atoms. The van der Waals surface area contributed by atoms with Crippen LogP contribution in [0, 0.1) is 11.8 Å². The zero-order valence-electron chi connectivity index (χ0n) is 9.61. The van der Waals surface area contributed by atoms with E-state index in [2.05, 4.69) is 24.9 Å². The molecule has 0 radical (unpaired) electrons. The Morgan fingerprint density at radius 2 is 2.20 bits per heavy atom. The summed E-state index contributed by atoms with van der Waals surface area (Å²) in [5, 5.41) is 0. The third-order valence-corrected chi connectivity index (χ3v) is 3.94. The van der Waals surface area contributed by atoms with Gasteiger partial charge in [0.15, 0.2) is 0 Å². The molecule has 1 aliphatic rings. The van der Waals surface area contributed by atoms with E-state index in [1.807, 2.05) is 18.5 Å². The van der Waals surface area contributed by atoms with Crippen LogP contribution in [0.2, 0.25) is 0 Å². The van der Waals surface area contributed by atoms with Gasteiger partial charge < -0.3 is 5.73 Å². The first-order valence-corrected chi connectivity index (χ1v) is 5.81. The lowest BCUT2D eigenvalue weighted by Crippen LogP contribution is -2.43. The van der Waals surface area contributed by atoms with Gasteiger partial charge in [0.25, 0.3) is 0 Å². The Morgan fingerprint density at radius 3 is 2.80 bits per heavy atom. The predicted octanol–water partition coefficient (Wildman–Crippen LogP) is 2.69. The summed E-state index contributed by atoms with van der Waals surface area (Å²) in [6.07, 6.45) is 7.13. The molecule has 0 saturated heterocycles. The average molecular weight is 204 g/mol. The van der Waals surface area contributed by atoms with E-state index >= 15 is 0 Å². The molecule has 2 N–H and O–H groups in total. The molecule has 0 aliphatic heterocycles. The normalized spacial score (nSPS) is 36.5. The van der Waals surface area contributed by atoms with Crippen molar-refractivity contribution < 1.29 is 0 Å². The maximum absolute atomic E-state index is 6.49. The Hall–Kier alpha value is -0.890. The number of aromatic nitrogens is 1. The molecule has 2 heteroatoms. The van der Waals surface area contributed by atoms with Crippen LogP contribution in [0.3, 0.4) is 0 Å². The van der Waals surface area contributed by atoms with Gasteiger partial charge in [0.1, 0.15) is 0 Å². The van der Waals surface area contributed by atoms with E-state index in [0.29, 0.717) is 5.92 Å². The Morgan fingerprint density at radius 1 is 1.40 bits per heavy atom. The molecule has 1 aromatic rings. The van der Waals surface area contributed by atoms with Gasteiger partial charge in [-0.1, -0.05) is 19.9 Å². The maximum Gasteiger partial charge on any atom is 0.0427 e. The van der Waals surface area contributed by atoms with Crippen molar-refractivity contribution in [1.82, 2.24) is 4.98 Å². The second kappa shape index (κ2) is 3.93. The summed E-state index contributed by atoms with van der Waals surface area (Å²) in [4.78, 5) is 4.17. The minimum absolute atomic E-state index is 0.139. The van der Waals surface area contributed by atoms with Gasteiger partial charge in [0.2, 0.25) is 0 Å². The van der Waals surface area contributed by atoms with Gasteiger partial charge in [0, 0.05) is 17.9 Å². The molecule has 1 aliphatic carbocycles. The van der Waals surface area contributed by atoms with Gasteiger partial charge in [-0.2, -0.15) is 0 Å². The predicted molar refractivity (Wildman–Crippen MR) is 62.3 cm³/mol. The number of nitrogens with zero attached hydrogens (tertiary/aromatic N) is 1. The lowest BCUT2D eigenvalue weighted by atomic mass is 9.69. The van der Waals surface area contributed by atoms with E-state index in [1.54, 1.807) is 0 Å². The van der Waals surface area contributed by atoms with Gasteiger partial charge in [0.05, 0.1) is 0 Å². The van der Waals surface area contributed by atoms with Crippen LogP contribution in [0.1, 0.15) is 38.7 Å². The van der Waals surface area contributed by atoms with Crippen LogP contribution >= 0.6 is 0 Å². The largest absolute Gasteiger partial charge is 0.321 e. The van der Waals surface area contributed by atoms with Crippen molar-refractivity contribution in [3.63, 3.8) is 0 Å². The fourth-order valence-electron chi connectivity index (χ4n) is 2.57. The van der Waals surface area contributed by atoms with Gasteiger partial charge in [-0.3, -0.25) is 4.98 Å². The van der Waals surface area contributed by atoms with Crippen molar-refractivity contribution >= 4 is 0 Å². The van der Waals surface area contributed by atoms with E-state index in [0.717, 1.165) is 18.8 Å². The van der Waals surface area contributed by atoms with Crippen LogP contribution in [0.4, 0.5) is 0 Å². The molecule has 1 fully saturated rings. The highest BCUT2D eigenvalue weighted by Gasteiger charge is 2.35. The molecule has 3 atom stereocenters. The van der Waals surface area contributed by atoms with Gasteiger partial charge in [-0.05, 0) is 42.7 Å². The molecule has 15 heavy (non-hydrogen) atoms. The van der Waals surface area contributed by atoms with Crippen molar-refractivity contribution in [2.75, 3.05) is 0 Å². The third kappa shape index (κ3) is 2.05. The Balaban J connectivity index is 2.21. The zero-order valence-corrected chi connectivity index (χ0v) is 9.61. The van der Waals surface area contributed by atoms with Gasteiger partial charge in [-0.15, -0.1) is 0 Å². The Kier molecular flexibility index (Phi) is 2.79. The van der Waals surface area contributed by atoms with Gasteiger partial charge >= 0.3 is 0 Å². The van der Waals surface area contributed by atoms with Crippen molar-refractivity contribution in [1.29, 1.82) is 0 Å². The smallest absolute Gasteiger partial charge is 0.0427 e. The SMILES string of the molecule is CC1CCC(N)(c2cccnc2)CC1C. The Bertz CT molecular complexity index is 323. The van der Waals surface area contributed by atoms with E-state index < -0.39 is 0 Å². The first kappa shape index (κ1) is 10.6. The summed E-state index contributed by atoms with van der Waals surface area (Å²) in [7, 11) is 0. The summed E-state index contributed by atoms with van der Waals surface area (Å²) >= 11 is 0. The molecule has 2 nitrogen and oxygen atoms in total. The average Bonchev–Trinajstić information content (AvgIpc) is 2.26. The zero-order chi connectivity index (χ0) is 10.9. The standard InChI is InChI=1S/C13H20N2/c1-10-5-6-13(14,8-11(10)2)12-4-3-7-15-9-12/h3-4,7,9-11H,5-6,8,14H2,1-2H3. The van der Waals surface area contributed by atoms with Crippen LogP contribution < -0.4 is 5.73 Å². The fourth-order valence-corrected chi connectivity index (χ4v) is 2.57. The molecule has 3 unspecified atom stereocenters. The summed E-state index contributed by atoms with van der Waals surface area (Å²) < 4.78 is 0. The molecule has 1 heterocycles. The highest BCUT2D eigenvalue weighted by molar-refractivity contribution is 5.21. The lowest BCUT2D eigenvalue weighted by molar-refractivity contribution is 0.176. The quantitative estimate of drug-likeness (QED) is 0.764. The molecule has 1 aromatic heterocycles. The molecule has 0 amide bonds. The molecule has 1 saturated carbocycles. The molecule has 0 aromatic carbocycles. The minimum atomic E-state index is -0.139. The van der Waals surface area contributed by atoms with Crippen molar-refractivity contribution in [2.24, 2.45) is 17.6 Å². The van der Waals surface area contributed by atoms with Crippen molar-refractivity contribution in [3.05, 3.63) is 30.1 Å². The number of nitrogens with two attached hydrogens (primary N) is 1. The number of hydrogen-bond acceptors (Lipinski definition) is 2.